The highest BCUT2D eigenvalue weighted by Gasteiger charge is 2.39. The maximum Gasteiger partial charge on any atom is 0.407 e. The number of alkyl carbamates (subject to hydrolysis) is 2. The molecule has 2 aliphatic rings. The van der Waals surface area contributed by atoms with Crippen LogP contribution in [0.3, 0.4) is 0 Å². The number of aromatic amines is 2. The fraction of sp³-hybridized carbons (Fsp3) is 0.439. The van der Waals surface area contributed by atoms with E-state index in [4.69, 9.17) is 24.4 Å². The van der Waals surface area contributed by atoms with Gasteiger partial charge in [0.1, 0.15) is 34.3 Å². The molecule has 16 heteroatoms. The Balaban J connectivity index is 1.06. The molecular formula is C41H47N9O6S. The van der Waals surface area contributed by atoms with Gasteiger partial charge in [-0.1, -0.05) is 45.9 Å². The van der Waals surface area contributed by atoms with Crippen molar-refractivity contribution in [3.05, 3.63) is 54.1 Å². The Morgan fingerprint density at radius 1 is 0.737 bits per heavy atom. The Kier molecular flexibility index (Phi) is 10.2. The molecule has 2 saturated heterocycles. The molecule has 0 radical (unpaired) electrons. The minimum Gasteiger partial charge on any atom is -0.453 e. The average molecular weight is 794 g/mol. The predicted octanol–water partition coefficient (Wildman–Crippen LogP) is 6.96. The number of methoxy groups -OCH3 is 2. The lowest BCUT2D eigenvalue weighted by molar-refractivity contribution is -0.136. The molecule has 0 spiro atoms. The molecule has 0 bridgehead atoms. The molecule has 4 atom stereocenters. The van der Waals surface area contributed by atoms with E-state index in [2.05, 4.69) is 44.9 Å². The van der Waals surface area contributed by atoms with Crippen LogP contribution in [0, 0.1) is 11.8 Å². The number of thiazole rings is 1. The lowest BCUT2D eigenvalue weighted by atomic mass is 10.0. The highest BCUT2D eigenvalue weighted by atomic mass is 32.1. The summed E-state index contributed by atoms with van der Waals surface area (Å²) in [6, 6.07) is 12.4. The fourth-order valence-corrected chi connectivity index (χ4v) is 9.31. The van der Waals surface area contributed by atoms with E-state index in [0.717, 1.165) is 91.0 Å². The van der Waals surface area contributed by atoms with Gasteiger partial charge in [-0.2, -0.15) is 0 Å². The largest absolute Gasteiger partial charge is 0.453 e. The first-order chi connectivity index (χ1) is 27.4. The van der Waals surface area contributed by atoms with E-state index in [1.165, 1.54) is 14.2 Å². The van der Waals surface area contributed by atoms with Gasteiger partial charge in [0.2, 0.25) is 11.8 Å². The molecule has 2 fully saturated rings. The Bertz CT molecular complexity index is 2520. The minimum absolute atomic E-state index is 0.119. The van der Waals surface area contributed by atoms with Gasteiger partial charge in [-0.3, -0.25) is 9.59 Å². The lowest BCUT2D eigenvalue weighted by Crippen LogP contribution is -2.51. The van der Waals surface area contributed by atoms with Gasteiger partial charge in [-0.15, -0.1) is 11.3 Å². The molecule has 3 aromatic heterocycles. The Labute approximate surface area is 332 Å². The van der Waals surface area contributed by atoms with Gasteiger partial charge < -0.3 is 39.9 Å². The number of likely N-dealkylation sites (tertiary alicyclic amines) is 2. The van der Waals surface area contributed by atoms with Gasteiger partial charge in [0, 0.05) is 24.0 Å². The number of aromatic nitrogens is 5. The second-order valence-corrected chi connectivity index (χ2v) is 16.6. The molecule has 0 aliphatic carbocycles. The number of nitrogens with one attached hydrogen (secondary N) is 4. The number of nitrogens with zero attached hydrogens (tertiary/aromatic N) is 5. The van der Waals surface area contributed by atoms with Crippen LogP contribution in [0.25, 0.3) is 53.6 Å². The zero-order valence-corrected chi connectivity index (χ0v) is 33.7. The van der Waals surface area contributed by atoms with E-state index < -0.39 is 24.3 Å². The molecule has 57 heavy (non-hydrogen) atoms. The maximum absolute atomic E-state index is 13.7. The molecule has 4 amide bonds. The molecule has 8 rings (SSSR count). The number of hydrogen-bond acceptors (Lipinski definition) is 10. The van der Waals surface area contributed by atoms with Crippen molar-refractivity contribution in [1.82, 2.24) is 45.4 Å². The van der Waals surface area contributed by atoms with Crippen molar-refractivity contribution < 1.29 is 28.7 Å². The Morgan fingerprint density at radius 3 is 1.84 bits per heavy atom. The predicted molar refractivity (Wildman–Crippen MR) is 218 cm³/mol. The average Bonchev–Trinajstić information content (AvgIpc) is 4.05. The second-order valence-electron chi connectivity index (χ2n) is 15.6. The monoisotopic (exact) mass is 793 g/mol. The van der Waals surface area contributed by atoms with Crippen LogP contribution in [0.1, 0.15) is 77.1 Å². The standard InChI is InChI=1S/C41H47N9O6S/c1-20(2)30(47-40(53)55-5)38(51)49-17-7-9-28(49)35-42-25-14-12-22-19-23(11-13-24(22)32(25)45-35)37-44-27-16-15-26-33(34(27)57-37)46-36(43-26)29-10-8-18-50(29)39(52)31(21(3)4)48-41(54)56-6/h11-16,19-21,28-31H,7-10,17-18H2,1-6H3,(H,42,45)(H,43,46)(H,47,53)(H,48,54)/t28-,29-,30-,31-/m0/s1. The number of fused-ring (bicyclic) bond motifs is 6. The molecule has 2 aliphatic heterocycles. The summed E-state index contributed by atoms with van der Waals surface area (Å²) in [6.07, 6.45) is 1.94. The van der Waals surface area contributed by atoms with Crippen molar-refractivity contribution >= 4 is 78.4 Å². The molecule has 6 aromatic rings. The topological polar surface area (TPSA) is 188 Å². The number of rotatable bonds is 9. The third-order valence-corrected chi connectivity index (χ3v) is 12.4. The molecule has 0 saturated carbocycles. The van der Waals surface area contributed by atoms with Gasteiger partial charge in [0.05, 0.1) is 53.1 Å². The zero-order valence-electron chi connectivity index (χ0n) is 32.8. The number of amides is 4. The number of hydrogen-bond donors (Lipinski definition) is 4. The van der Waals surface area contributed by atoms with Gasteiger partial charge in [0.25, 0.3) is 0 Å². The number of imidazole rings is 2. The smallest absolute Gasteiger partial charge is 0.407 e. The molecule has 4 N–H and O–H groups in total. The normalized spacial score (nSPS) is 18.3. The molecule has 298 valence electrons. The molecule has 3 aromatic carbocycles. The molecular weight excluding hydrogens is 747 g/mol. The molecule has 15 nitrogen and oxygen atoms in total. The van der Waals surface area contributed by atoms with Crippen LogP contribution in [0.5, 0.6) is 0 Å². The van der Waals surface area contributed by atoms with E-state index in [1.807, 2.05) is 55.7 Å². The lowest BCUT2D eigenvalue weighted by Gasteiger charge is -2.29. The number of ether oxygens (including phenoxy) is 2. The number of carbonyl (C=O) groups is 4. The van der Waals surface area contributed by atoms with Crippen LogP contribution < -0.4 is 10.6 Å². The van der Waals surface area contributed by atoms with E-state index in [9.17, 15) is 19.2 Å². The van der Waals surface area contributed by atoms with Crippen LogP contribution >= 0.6 is 11.3 Å². The van der Waals surface area contributed by atoms with E-state index >= 15 is 0 Å². The quantitative estimate of drug-likeness (QED) is 0.120. The van der Waals surface area contributed by atoms with E-state index in [-0.39, 0.29) is 35.7 Å². The van der Waals surface area contributed by atoms with Crippen molar-refractivity contribution in [3.8, 4) is 10.6 Å². The maximum atomic E-state index is 13.7. The Hall–Kier alpha value is -5.77. The summed E-state index contributed by atoms with van der Waals surface area (Å²) in [6.45, 7) is 8.77. The summed E-state index contributed by atoms with van der Waals surface area (Å²) in [5, 5.41) is 8.28. The summed E-state index contributed by atoms with van der Waals surface area (Å²) < 4.78 is 10.5. The van der Waals surface area contributed by atoms with Crippen LogP contribution in [0.4, 0.5) is 9.59 Å². The van der Waals surface area contributed by atoms with Gasteiger partial charge >= 0.3 is 12.2 Å². The fourth-order valence-electron chi connectivity index (χ4n) is 8.26. The van der Waals surface area contributed by atoms with Crippen LogP contribution in [0.15, 0.2) is 42.5 Å². The van der Waals surface area contributed by atoms with Gasteiger partial charge in [-0.25, -0.2) is 24.5 Å². The first-order valence-electron chi connectivity index (χ1n) is 19.5. The van der Waals surface area contributed by atoms with Crippen LogP contribution in [-0.2, 0) is 19.1 Å². The first-order valence-corrected chi connectivity index (χ1v) is 20.3. The summed E-state index contributed by atoms with van der Waals surface area (Å²) in [7, 11) is 2.58. The van der Waals surface area contributed by atoms with Crippen molar-refractivity contribution in [2.24, 2.45) is 11.8 Å². The van der Waals surface area contributed by atoms with Crippen molar-refractivity contribution in [1.29, 1.82) is 0 Å². The summed E-state index contributed by atoms with van der Waals surface area (Å²) in [5.41, 5.74) is 5.21. The Morgan fingerprint density at radius 2 is 1.28 bits per heavy atom. The third-order valence-electron chi connectivity index (χ3n) is 11.2. The summed E-state index contributed by atoms with van der Waals surface area (Å²) in [4.78, 5) is 77.3. The molecule has 5 heterocycles. The highest BCUT2D eigenvalue weighted by molar-refractivity contribution is 7.22. The van der Waals surface area contributed by atoms with E-state index in [0.29, 0.717) is 13.1 Å². The van der Waals surface area contributed by atoms with Gasteiger partial charge in [-0.05, 0) is 67.2 Å². The van der Waals surface area contributed by atoms with Crippen molar-refractivity contribution in [2.45, 2.75) is 77.5 Å². The second kappa shape index (κ2) is 15.3. The van der Waals surface area contributed by atoms with Crippen molar-refractivity contribution in [3.63, 3.8) is 0 Å². The summed E-state index contributed by atoms with van der Waals surface area (Å²) >= 11 is 1.58. The minimum atomic E-state index is -0.708. The summed E-state index contributed by atoms with van der Waals surface area (Å²) in [5.74, 6) is 0.908. The van der Waals surface area contributed by atoms with Gasteiger partial charge in [0.15, 0.2) is 0 Å². The highest BCUT2D eigenvalue weighted by Crippen LogP contribution is 2.39. The number of carbonyl (C=O) groups excluding carboxylic acids is 4. The number of H-pyrrole nitrogens is 2. The van der Waals surface area contributed by atoms with Crippen LogP contribution in [0.2, 0.25) is 0 Å². The SMILES string of the molecule is COC(=O)N[C@H](C(=O)N1CCC[C@H]1c1nc2c(ccc3cc(-c4nc5ccc6[nH]c([C@@H]7CCCN7C(=O)[C@@H](NC(=O)OC)C(C)C)nc6c5s4)ccc32)[nH]1)C(C)C. The van der Waals surface area contributed by atoms with E-state index in [1.54, 1.807) is 11.3 Å². The van der Waals surface area contributed by atoms with Crippen molar-refractivity contribution in [2.75, 3.05) is 27.3 Å². The number of benzene rings is 3. The van der Waals surface area contributed by atoms with Crippen LogP contribution in [-0.4, -0.2) is 98.1 Å². The third kappa shape index (κ3) is 7.00. The molecule has 0 unspecified atom stereocenters. The zero-order chi connectivity index (χ0) is 40.1. The first kappa shape index (κ1) is 38.1.